The van der Waals surface area contributed by atoms with Crippen molar-refractivity contribution in [1.82, 2.24) is 4.98 Å². The fourth-order valence-corrected chi connectivity index (χ4v) is 2.53. The quantitative estimate of drug-likeness (QED) is 0.805. The fourth-order valence-electron chi connectivity index (χ4n) is 1.97. The van der Waals surface area contributed by atoms with Gasteiger partial charge in [-0.3, -0.25) is 4.79 Å². The molecule has 1 aromatic rings. The van der Waals surface area contributed by atoms with Crippen LogP contribution in [0.2, 0.25) is 0 Å². The Labute approximate surface area is 117 Å². The van der Waals surface area contributed by atoms with E-state index in [1.807, 2.05) is 0 Å². The summed E-state index contributed by atoms with van der Waals surface area (Å²) in [6.45, 7) is 0.397. The number of aromatic nitrogens is 1. The lowest BCUT2D eigenvalue weighted by Gasteiger charge is -2.12. The Kier molecular flexibility index (Phi) is 4.36. The van der Waals surface area contributed by atoms with E-state index in [1.165, 1.54) is 18.3 Å². The first kappa shape index (κ1) is 14.9. The largest absolute Gasteiger partial charge is 0.364 e. The normalized spacial score (nSPS) is 22.7. The SMILES string of the molecule is CS(=O)(=O)c1ccc(NC(=O)[C@@H]2CC[C@H](CN)O2)cn1. The monoisotopic (exact) mass is 299 g/mol. The summed E-state index contributed by atoms with van der Waals surface area (Å²) < 4.78 is 28.0. The molecule has 2 heterocycles. The zero-order chi connectivity index (χ0) is 14.8. The molecule has 0 aromatic carbocycles. The molecule has 0 bridgehead atoms. The molecule has 2 atom stereocenters. The third kappa shape index (κ3) is 3.53. The number of nitrogens with zero attached hydrogens (tertiary/aromatic N) is 1. The van der Waals surface area contributed by atoms with Gasteiger partial charge in [-0.2, -0.15) is 0 Å². The van der Waals surface area contributed by atoms with E-state index in [9.17, 15) is 13.2 Å². The number of ether oxygens (including phenoxy) is 1. The average Bonchev–Trinajstić information content (AvgIpc) is 2.87. The molecule has 1 aliphatic rings. The van der Waals surface area contributed by atoms with E-state index < -0.39 is 15.9 Å². The summed E-state index contributed by atoms with van der Waals surface area (Å²) in [5.41, 5.74) is 5.92. The van der Waals surface area contributed by atoms with E-state index in [4.69, 9.17) is 10.5 Å². The van der Waals surface area contributed by atoms with Crippen LogP contribution >= 0.6 is 0 Å². The molecule has 110 valence electrons. The van der Waals surface area contributed by atoms with Crippen molar-refractivity contribution in [2.24, 2.45) is 5.73 Å². The van der Waals surface area contributed by atoms with Crippen LogP contribution in [0.15, 0.2) is 23.4 Å². The van der Waals surface area contributed by atoms with E-state index in [0.717, 1.165) is 12.7 Å². The maximum atomic E-state index is 11.9. The summed E-state index contributed by atoms with van der Waals surface area (Å²) in [6, 6.07) is 2.85. The Hall–Kier alpha value is -1.51. The van der Waals surface area contributed by atoms with Crippen molar-refractivity contribution in [2.75, 3.05) is 18.1 Å². The van der Waals surface area contributed by atoms with Crippen molar-refractivity contribution in [3.8, 4) is 0 Å². The molecule has 1 aromatic heterocycles. The second-order valence-electron chi connectivity index (χ2n) is 4.71. The van der Waals surface area contributed by atoms with Gasteiger partial charge in [-0.1, -0.05) is 0 Å². The Morgan fingerprint density at radius 2 is 2.25 bits per heavy atom. The topological polar surface area (TPSA) is 111 Å². The van der Waals surface area contributed by atoms with E-state index in [2.05, 4.69) is 10.3 Å². The smallest absolute Gasteiger partial charge is 0.253 e. The lowest BCUT2D eigenvalue weighted by molar-refractivity contribution is -0.126. The number of nitrogens with one attached hydrogen (secondary N) is 1. The zero-order valence-electron chi connectivity index (χ0n) is 11.1. The molecule has 0 saturated carbocycles. The minimum absolute atomic E-state index is 0.0317. The molecule has 1 amide bonds. The number of amides is 1. The second-order valence-corrected chi connectivity index (χ2v) is 6.67. The first-order valence-corrected chi connectivity index (χ1v) is 8.12. The third-order valence-electron chi connectivity index (χ3n) is 3.05. The molecule has 20 heavy (non-hydrogen) atoms. The van der Waals surface area contributed by atoms with Crippen LogP contribution in [0.1, 0.15) is 12.8 Å². The van der Waals surface area contributed by atoms with Gasteiger partial charge in [0.05, 0.1) is 18.0 Å². The Bertz CT molecular complexity index is 585. The van der Waals surface area contributed by atoms with Crippen molar-refractivity contribution in [3.63, 3.8) is 0 Å². The van der Waals surface area contributed by atoms with Gasteiger partial charge in [0, 0.05) is 12.8 Å². The molecule has 7 nitrogen and oxygen atoms in total. The average molecular weight is 299 g/mol. The van der Waals surface area contributed by atoms with Crippen molar-refractivity contribution in [2.45, 2.75) is 30.1 Å². The van der Waals surface area contributed by atoms with E-state index in [-0.39, 0.29) is 17.0 Å². The van der Waals surface area contributed by atoms with Gasteiger partial charge < -0.3 is 15.8 Å². The molecular formula is C12H17N3O4S. The highest BCUT2D eigenvalue weighted by Crippen LogP contribution is 2.20. The summed E-state index contributed by atoms with van der Waals surface area (Å²) in [4.78, 5) is 15.7. The lowest BCUT2D eigenvalue weighted by Crippen LogP contribution is -2.29. The molecular weight excluding hydrogens is 282 g/mol. The molecule has 1 fully saturated rings. The van der Waals surface area contributed by atoms with Crippen LogP contribution in [0, 0.1) is 0 Å². The van der Waals surface area contributed by atoms with Crippen molar-refractivity contribution in [1.29, 1.82) is 0 Å². The van der Waals surface area contributed by atoms with Crippen LogP contribution in [0.25, 0.3) is 0 Å². The minimum atomic E-state index is -3.34. The summed E-state index contributed by atoms with van der Waals surface area (Å²) in [5, 5.41) is 2.61. The standard InChI is InChI=1S/C12H17N3O4S/c1-20(17,18)11-5-2-8(7-14-11)15-12(16)10-4-3-9(6-13)19-10/h2,5,7,9-10H,3-4,6,13H2,1H3,(H,15,16)/t9-,10+/m1/s1. The molecule has 3 N–H and O–H groups in total. The van der Waals surface area contributed by atoms with Gasteiger partial charge in [0.25, 0.3) is 5.91 Å². The number of carbonyl (C=O) groups excluding carboxylic acids is 1. The van der Waals surface area contributed by atoms with E-state index in [0.29, 0.717) is 18.7 Å². The molecule has 2 rings (SSSR count). The Morgan fingerprint density at radius 1 is 1.50 bits per heavy atom. The van der Waals surface area contributed by atoms with Gasteiger partial charge in [0.2, 0.25) is 0 Å². The van der Waals surface area contributed by atoms with Gasteiger partial charge in [-0.15, -0.1) is 0 Å². The number of rotatable bonds is 4. The van der Waals surface area contributed by atoms with Crippen LogP contribution in [0.4, 0.5) is 5.69 Å². The zero-order valence-corrected chi connectivity index (χ0v) is 11.9. The van der Waals surface area contributed by atoms with Crippen molar-refractivity contribution < 1.29 is 17.9 Å². The highest BCUT2D eigenvalue weighted by molar-refractivity contribution is 7.90. The number of nitrogens with two attached hydrogens (primary N) is 1. The van der Waals surface area contributed by atoms with Crippen LogP contribution in [0.3, 0.4) is 0 Å². The Morgan fingerprint density at radius 3 is 2.75 bits per heavy atom. The molecule has 0 unspecified atom stereocenters. The summed E-state index contributed by atoms with van der Waals surface area (Å²) >= 11 is 0. The summed E-state index contributed by atoms with van der Waals surface area (Å²) in [7, 11) is -3.34. The maximum Gasteiger partial charge on any atom is 0.253 e. The predicted octanol–water partition coefficient (Wildman–Crippen LogP) is -0.0701. The first-order chi connectivity index (χ1) is 9.40. The van der Waals surface area contributed by atoms with Crippen LogP contribution < -0.4 is 11.1 Å². The summed E-state index contributed by atoms with van der Waals surface area (Å²) in [6.07, 6.45) is 3.19. The Balaban J connectivity index is 1.98. The van der Waals surface area contributed by atoms with Gasteiger partial charge in [0.1, 0.15) is 6.10 Å². The predicted molar refractivity (Wildman–Crippen MR) is 72.9 cm³/mol. The molecule has 8 heteroatoms. The number of sulfone groups is 1. The molecule has 0 radical (unpaired) electrons. The summed E-state index contributed by atoms with van der Waals surface area (Å²) in [5.74, 6) is -0.269. The fraction of sp³-hybridized carbons (Fsp3) is 0.500. The van der Waals surface area contributed by atoms with E-state index in [1.54, 1.807) is 0 Å². The number of carbonyl (C=O) groups is 1. The van der Waals surface area contributed by atoms with E-state index >= 15 is 0 Å². The lowest BCUT2D eigenvalue weighted by atomic mass is 10.2. The number of anilines is 1. The highest BCUT2D eigenvalue weighted by Gasteiger charge is 2.29. The second kappa shape index (κ2) is 5.86. The van der Waals surface area contributed by atoms with Gasteiger partial charge in [0.15, 0.2) is 14.9 Å². The highest BCUT2D eigenvalue weighted by atomic mass is 32.2. The van der Waals surface area contributed by atoms with Crippen LogP contribution in [-0.2, 0) is 19.4 Å². The number of pyridine rings is 1. The molecule has 0 spiro atoms. The molecule has 0 aliphatic carbocycles. The van der Waals surface area contributed by atoms with Crippen molar-refractivity contribution >= 4 is 21.4 Å². The molecule has 1 aliphatic heterocycles. The number of hydrogen-bond donors (Lipinski definition) is 2. The number of hydrogen-bond acceptors (Lipinski definition) is 6. The van der Waals surface area contributed by atoms with Crippen LogP contribution in [0.5, 0.6) is 0 Å². The van der Waals surface area contributed by atoms with Crippen molar-refractivity contribution in [3.05, 3.63) is 18.3 Å². The van der Waals surface area contributed by atoms with Gasteiger partial charge >= 0.3 is 0 Å². The third-order valence-corrected chi connectivity index (χ3v) is 4.05. The van der Waals surface area contributed by atoms with Crippen LogP contribution in [-0.4, -0.2) is 44.3 Å². The first-order valence-electron chi connectivity index (χ1n) is 6.22. The minimum Gasteiger partial charge on any atom is -0.364 e. The van der Waals surface area contributed by atoms with Gasteiger partial charge in [-0.05, 0) is 25.0 Å². The van der Waals surface area contributed by atoms with Gasteiger partial charge in [-0.25, -0.2) is 13.4 Å². The maximum absolute atomic E-state index is 11.9. The molecule has 1 saturated heterocycles.